The summed E-state index contributed by atoms with van der Waals surface area (Å²) in [5, 5.41) is 13.0. The summed E-state index contributed by atoms with van der Waals surface area (Å²) in [7, 11) is 0. The number of hydrogen-bond acceptors (Lipinski definition) is 3. The number of carbonyl (C=O) groups is 1. The average Bonchev–Trinajstić information content (AvgIpc) is 2.63. The lowest BCUT2D eigenvalue weighted by Crippen LogP contribution is -2.34. The first kappa shape index (κ1) is 12.7. The second kappa shape index (κ2) is 5.65. The summed E-state index contributed by atoms with van der Waals surface area (Å²) in [6, 6.07) is 0.209. The summed E-state index contributed by atoms with van der Waals surface area (Å²) in [6.45, 7) is 7.54. The van der Waals surface area contributed by atoms with E-state index < -0.39 is 5.97 Å². The summed E-state index contributed by atoms with van der Waals surface area (Å²) in [5.74, 6) is -0.795. The zero-order valence-corrected chi connectivity index (χ0v) is 10.1. The average molecular weight is 225 g/mol. The van der Waals surface area contributed by atoms with E-state index in [4.69, 9.17) is 5.11 Å². The van der Waals surface area contributed by atoms with Gasteiger partial charge in [-0.1, -0.05) is 0 Å². The predicted molar refractivity (Wildman–Crippen MR) is 61.1 cm³/mol. The van der Waals surface area contributed by atoms with Crippen LogP contribution in [0.3, 0.4) is 0 Å². The van der Waals surface area contributed by atoms with Crippen LogP contribution in [0.25, 0.3) is 0 Å². The summed E-state index contributed by atoms with van der Waals surface area (Å²) in [5.41, 5.74) is 1.05. The molecule has 0 spiro atoms. The van der Waals surface area contributed by atoms with E-state index in [0.29, 0.717) is 6.54 Å². The third-order valence-electron chi connectivity index (χ3n) is 2.47. The molecule has 0 radical (unpaired) electrons. The number of nitrogens with zero attached hydrogens (tertiary/aromatic N) is 3. The van der Waals surface area contributed by atoms with E-state index in [9.17, 15) is 4.79 Å². The van der Waals surface area contributed by atoms with Crippen LogP contribution in [-0.4, -0.2) is 38.3 Å². The fraction of sp³-hybridized carbons (Fsp3) is 0.636. The quantitative estimate of drug-likeness (QED) is 0.790. The zero-order valence-electron chi connectivity index (χ0n) is 10.1. The van der Waals surface area contributed by atoms with Gasteiger partial charge in [0.25, 0.3) is 0 Å². The van der Waals surface area contributed by atoms with Crippen LogP contribution in [0.4, 0.5) is 0 Å². The SMILES string of the molecule is CCn1cc(CN(CC(=O)O)C(C)C)cn1. The van der Waals surface area contributed by atoms with Gasteiger partial charge in [-0.05, 0) is 20.8 Å². The van der Waals surface area contributed by atoms with Crippen molar-refractivity contribution in [2.24, 2.45) is 0 Å². The highest BCUT2D eigenvalue weighted by atomic mass is 16.4. The van der Waals surface area contributed by atoms with E-state index in [2.05, 4.69) is 5.10 Å². The highest BCUT2D eigenvalue weighted by Crippen LogP contribution is 2.07. The van der Waals surface area contributed by atoms with Crippen molar-refractivity contribution in [1.82, 2.24) is 14.7 Å². The molecular weight excluding hydrogens is 206 g/mol. The van der Waals surface area contributed by atoms with Crippen LogP contribution < -0.4 is 0 Å². The molecule has 0 saturated heterocycles. The Hall–Kier alpha value is -1.36. The Morgan fingerprint density at radius 1 is 1.62 bits per heavy atom. The Bertz CT molecular complexity index is 347. The van der Waals surface area contributed by atoms with Crippen molar-refractivity contribution in [2.45, 2.75) is 39.9 Å². The van der Waals surface area contributed by atoms with Gasteiger partial charge in [-0.25, -0.2) is 0 Å². The van der Waals surface area contributed by atoms with E-state index in [1.54, 1.807) is 6.20 Å². The van der Waals surface area contributed by atoms with Crippen molar-refractivity contribution in [3.63, 3.8) is 0 Å². The minimum absolute atomic E-state index is 0.0645. The molecule has 1 aromatic heterocycles. The van der Waals surface area contributed by atoms with Gasteiger partial charge in [-0.2, -0.15) is 5.10 Å². The molecule has 5 heteroatoms. The second-order valence-corrected chi connectivity index (χ2v) is 4.10. The van der Waals surface area contributed by atoms with Gasteiger partial charge < -0.3 is 5.11 Å². The van der Waals surface area contributed by atoms with E-state index in [1.807, 2.05) is 36.5 Å². The van der Waals surface area contributed by atoms with E-state index in [-0.39, 0.29) is 12.6 Å². The number of aliphatic carboxylic acids is 1. The van der Waals surface area contributed by atoms with E-state index in [0.717, 1.165) is 12.1 Å². The zero-order chi connectivity index (χ0) is 12.1. The topological polar surface area (TPSA) is 58.4 Å². The van der Waals surface area contributed by atoms with E-state index >= 15 is 0 Å². The third-order valence-corrected chi connectivity index (χ3v) is 2.47. The maximum Gasteiger partial charge on any atom is 0.317 e. The van der Waals surface area contributed by atoms with Crippen LogP contribution in [0.5, 0.6) is 0 Å². The number of carboxylic acids is 1. The van der Waals surface area contributed by atoms with Crippen LogP contribution in [-0.2, 0) is 17.9 Å². The van der Waals surface area contributed by atoms with Gasteiger partial charge in [-0.15, -0.1) is 0 Å². The Labute approximate surface area is 95.7 Å². The number of rotatable bonds is 6. The number of aryl methyl sites for hydroxylation is 1. The smallest absolute Gasteiger partial charge is 0.317 e. The summed E-state index contributed by atoms with van der Waals surface area (Å²) in [6.07, 6.45) is 3.75. The summed E-state index contributed by atoms with van der Waals surface area (Å²) >= 11 is 0. The standard InChI is InChI=1S/C11H19N3O2/c1-4-14-7-10(5-12-14)6-13(9(2)3)8-11(15)16/h5,7,9H,4,6,8H2,1-3H3,(H,15,16). The molecule has 0 fully saturated rings. The van der Waals surface area contributed by atoms with Gasteiger partial charge in [0.2, 0.25) is 0 Å². The first-order chi connectivity index (χ1) is 7.52. The Balaban J connectivity index is 2.63. The van der Waals surface area contributed by atoms with Crippen LogP contribution >= 0.6 is 0 Å². The van der Waals surface area contributed by atoms with Gasteiger partial charge >= 0.3 is 5.97 Å². The van der Waals surface area contributed by atoms with Gasteiger partial charge in [0.05, 0.1) is 12.7 Å². The third kappa shape index (κ3) is 3.66. The molecule has 0 atom stereocenters. The largest absolute Gasteiger partial charge is 0.480 e. The summed E-state index contributed by atoms with van der Waals surface area (Å²) < 4.78 is 1.84. The maximum atomic E-state index is 10.7. The molecular formula is C11H19N3O2. The van der Waals surface area contributed by atoms with Gasteiger partial charge in [0.1, 0.15) is 0 Å². The minimum atomic E-state index is -0.795. The molecule has 0 aliphatic heterocycles. The van der Waals surface area contributed by atoms with Crippen LogP contribution in [0.15, 0.2) is 12.4 Å². The molecule has 0 saturated carbocycles. The van der Waals surface area contributed by atoms with Crippen molar-refractivity contribution >= 4 is 5.97 Å². The Kier molecular flexibility index (Phi) is 4.49. The lowest BCUT2D eigenvalue weighted by Gasteiger charge is -2.23. The highest BCUT2D eigenvalue weighted by Gasteiger charge is 2.14. The molecule has 0 amide bonds. The van der Waals surface area contributed by atoms with E-state index in [1.165, 1.54) is 0 Å². The molecule has 1 aromatic rings. The first-order valence-electron chi connectivity index (χ1n) is 5.50. The fourth-order valence-electron chi connectivity index (χ4n) is 1.49. The molecule has 90 valence electrons. The second-order valence-electron chi connectivity index (χ2n) is 4.10. The van der Waals surface area contributed by atoms with Gasteiger partial charge in [0, 0.05) is 30.9 Å². The first-order valence-corrected chi connectivity index (χ1v) is 5.50. The molecule has 0 unspecified atom stereocenters. The molecule has 1 N–H and O–H groups in total. The van der Waals surface area contributed by atoms with Crippen LogP contribution in [0.1, 0.15) is 26.3 Å². The Morgan fingerprint density at radius 3 is 2.75 bits per heavy atom. The van der Waals surface area contributed by atoms with Crippen molar-refractivity contribution in [3.05, 3.63) is 18.0 Å². The maximum absolute atomic E-state index is 10.7. The van der Waals surface area contributed by atoms with Crippen LogP contribution in [0, 0.1) is 0 Å². The number of hydrogen-bond donors (Lipinski definition) is 1. The number of carboxylic acid groups (broad SMARTS) is 1. The fourth-order valence-corrected chi connectivity index (χ4v) is 1.49. The molecule has 0 aromatic carbocycles. The van der Waals surface area contributed by atoms with Crippen LogP contribution in [0.2, 0.25) is 0 Å². The lowest BCUT2D eigenvalue weighted by molar-refractivity contribution is -0.138. The molecule has 5 nitrogen and oxygen atoms in total. The number of aromatic nitrogens is 2. The molecule has 0 bridgehead atoms. The highest BCUT2D eigenvalue weighted by molar-refractivity contribution is 5.69. The molecule has 0 aliphatic carbocycles. The van der Waals surface area contributed by atoms with Crippen molar-refractivity contribution < 1.29 is 9.90 Å². The Morgan fingerprint density at radius 2 is 2.31 bits per heavy atom. The van der Waals surface area contributed by atoms with Crippen molar-refractivity contribution in [3.8, 4) is 0 Å². The predicted octanol–water partition coefficient (Wildman–Crippen LogP) is 1.20. The van der Waals surface area contributed by atoms with Crippen molar-refractivity contribution in [2.75, 3.05) is 6.54 Å². The molecule has 0 aliphatic rings. The van der Waals surface area contributed by atoms with Crippen molar-refractivity contribution in [1.29, 1.82) is 0 Å². The molecule has 16 heavy (non-hydrogen) atoms. The minimum Gasteiger partial charge on any atom is -0.480 e. The lowest BCUT2D eigenvalue weighted by atomic mass is 10.2. The van der Waals surface area contributed by atoms with Gasteiger partial charge in [-0.3, -0.25) is 14.4 Å². The molecule has 1 heterocycles. The normalized spacial score (nSPS) is 11.3. The summed E-state index contributed by atoms with van der Waals surface area (Å²) in [4.78, 5) is 12.6. The van der Waals surface area contributed by atoms with Gasteiger partial charge in [0.15, 0.2) is 0 Å². The monoisotopic (exact) mass is 225 g/mol. The molecule has 1 rings (SSSR count).